The van der Waals surface area contributed by atoms with E-state index in [0.717, 1.165) is 96.3 Å². The summed E-state index contributed by atoms with van der Waals surface area (Å²) in [4.78, 5) is 38.1. The lowest BCUT2D eigenvalue weighted by molar-refractivity contribution is -0.167. The first-order valence-electron chi connectivity index (χ1n) is 30.3. The highest BCUT2D eigenvalue weighted by Gasteiger charge is 2.19. The molecule has 0 heterocycles. The maximum atomic E-state index is 12.9. The number of carbonyl (C=O) groups is 3. The molecule has 0 spiro atoms. The molecule has 6 heteroatoms. The molecule has 0 aromatic heterocycles. The molecule has 0 aliphatic carbocycles. The number of carbonyl (C=O) groups excluding carboxylic acids is 3. The molecule has 0 rings (SSSR count). The highest BCUT2D eigenvalue weighted by molar-refractivity contribution is 5.71. The van der Waals surface area contributed by atoms with Gasteiger partial charge in [0.15, 0.2) is 6.10 Å². The highest BCUT2D eigenvalue weighted by atomic mass is 16.6. The summed E-state index contributed by atoms with van der Waals surface area (Å²) >= 11 is 0. The second-order valence-corrected chi connectivity index (χ2v) is 20.2. The van der Waals surface area contributed by atoms with Crippen molar-refractivity contribution in [1.82, 2.24) is 0 Å². The molecule has 1 unspecified atom stereocenters. The van der Waals surface area contributed by atoms with E-state index in [2.05, 4.69) is 81.5 Å². The van der Waals surface area contributed by atoms with E-state index >= 15 is 0 Å². The minimum absolute atomic E-state index is 0.0714. The first kappa shape index (κ1) is 67.1. The molecule has 0 saturated carbocycles. The normalized spacial score (nSPS) is 12.4. The number of hydrogen-bond donors (Lipinski definition) is 0. The molecule has 6 nitrogen and oxygen atoms in total. The second kappa shape index (κ2) is 58.7. The van der Waals surface area contributed by atoms with E-state index in [1.54, 1.807) is 0 Å². The van der Waals surface area contributed by atoms with Gasteiger partial charge in [0, 0.05) is 19.3 Å². The minimum Gasteiger partial charge on any atom is -0.462 e. The molecule has 406 valence electrons. The van der Waals surface area contributed by atoms with Crippen LogP contribution in [-0.4, -0.2) is 37.2 Å². The maximum Gasteiger partial charge on any atom is 0.306 e. The Kier molecular flexibility index (Phi) is 56.3. The van der Waals surface area contributed by atoms with E-state index in [1.165, 1.54) is 173 Å². The summed E-state index contributed by atoms with van der Waals surface area (Å²) in [5, 5.41) is 0. The molecule has 0 aromatic rings. The largest absolute Gasteiger partial charge is 0.462 e. The number of esters is 3. The van der Waals surface area contributed by atoms with Crippen molar-refractivity contribution in [2.75, 3.05) is 13.2 Å². The van der Waals surface area contributed by atoms with Gasteiger partial charge in [-0.1, -0.05) is 287 Å². The lowest BCUT2D eigenvalue weighted by Gasteiger charge is -2.18. The lowest BCUT2D eigenvalue weighted by atomic mass is 10.0. The van der Waals surface area contributed by atoms with Crippen LogP contribution in [0.3, 0.4) is 0 Å². The van der Waals surface area contributed by atoms with Gasteiger partial charge in [0.2, 0.25) is 0 Å². The second-order valence-electron chi connectivity index (χ2n) is 20.2. The van der Waals surface area contributed by atoms with E-state index in [4.69, 9.17) is 14.2 Å². The monoisotopic (exact) mass is 979 g/mol. The fourth-order valence-electron chi connectivity index (χ4n) is 8.77. The summed E-state index contributed by atoms with van der Waals surface area (Å²) in [5.41, 5.74) is 0. The predicted octanol–water partition coefficient (Wildman–Crippen LogP) is 20.4. The SMILES string of the molecule is CC/C=C\C/C=C\C/C=C\C/C=C\C/C=C\CCCCCCCCCCCC(=O)OCC(COC(=O)CCCCCCCCCCCC)OC(=O)CCCCCCCCCCCCCCCCCCC. The molecular weight excluding hydrogens is 865 g/mol. The van der Waals surface area contributed by atoms with Gasteiger partial charge in [-0.3, -0.25) is 14.4 Å². The zero-order valence-electron chi connectivity index (χ0n) is 46.5. The van der Waals surface area contributed by atoms with Gasteiger partial charge in [0.05, 0.1) is 0 Å². The molecule has 70 heavy (non-hydrogen) atoms. The Morgan fingerprint density at radius 3 is 0.871 bits per heavy atom. The number of ether oxygens (including phenoxy) is 3. The van der Waals surface area contributed by atoms with Gasteiger partial charge in [0.25, 0.3) is 0 Å². The van der Waals surface area contributed by atoms with Crippen LogP contribution in [0, 0.1) is 0 Å². The molecule has 1 atom stereocenters. The number of allylic oxidation sites excluding steroid dienone is 10. The third kappa shape index (κ3) is 56.0. The average molecular weight is 980 g/mol. The van der Waals surface area contributed by atoms with E-state index in [0.29, 0.717) is 19.3 Å². The Morgan fingerprint density at radius 1 is 0.300 bits per heavy atom. The first-order valence-corrected chi connectivity index (χ1v) is 30.3. The topological polar surface area (TPSA) is 78.9 Å². The van der Waals surface area contributed by atoms with Gasteiger partial charge < -0.3 is 14.2 Å². The molecule has 0 bridgehead atoms. The molecule has 0 aliphatic rings. The zero-order chi connectivity index (χ0) is 50.7. The van der Waals surface area contributed by atoms with E-state index in [9.17, 15) is 14.4 Å². The van der Waals surface area contributed by atoms with Gasteiger partial charge >= 0.3 is 17.9 Å². The maximum absolute atomic E-state index is 12.9. The van der Waals surface area contributed by atoms with Crippen molar-refractivity contribution in [2.45, 2.75) is 316 Å². The van der Waals surface area contributed by atoms with Crippen molar-refractivity contribution in [2.24, 2.45) is 0 Å². The molecular formula is C64H114O6. The predicted molar refractivity (Wildman–Crippen MR) is 302 cm³/mol. The Balaban J connectivity index is 4.24. The molecule has 0 N–H and O–H groups in total. The number of rotatable bonds is 55. The summed E-state index contributed by atoms with van der Waals surface area (Å²) in [6, 6.07) is 0. The molecule has 0 saturated heterocycles. The van der Waals surface area contributed by atoms with Crippen LogP contribution in [0.1, 0.15) is 310 Å². The highest BCUT2D eigenvalue weighted by Crippen LogP contribution is 2.17. The number of hydrogen-bond acceptors (Lipinski definition) is 6. The molecule has 0 fully saturated rings. The van der Waals surface area contributed by atoms with Crippen molar-refractivity contribution in [3.8, 4) is 0 Å². The molecule has 0 aromatic carbocycles. The zero-order valence-corrected chi connectivity index (χ0v) is 46.5. The summed E-state index contributed by atoms with van der Waals surface area (Å²) in [7, 11) is 0. The van der Waals surface area contributed by atoms with Crippen molar-refractivity contribution in [1.29, 1.82) is 0 Å². The summed E-state index contributed by atoms with van der Waals surface area (Å²) in [5.74, 6) is -0.863. The van der Waals surface area contributed by atoms with Crippen molar-refractivity contribution >= 4 is 17.9 Å². The summed E-state index contributed by atoms with van der Waals surface area (Å²) < 4.78 is 16.9. The van der Waals surface area contributed by atoms with Crippen molar-refractivity contribution in [3.63, 3.8) is 0 Å². The minimum atomic E-state index is -0.772. The van der Waals surface area contributed by atoms with Gasteiger partial charge in [0.1, 0.15) is 13.2 Å². The van der Waals surface area contributed by atoms with E-state index in [1.807, 2.05) is 0 Å². The van der Waals surface area contributed by atoms with Crippen LogP contribution in [0.4, 0.5) is 0 Å². The number of unbranched alkanes of at least 4 members (excludes halogenated alkanes) is 34. The lowest BCUT2D eigenvalue weighted by Crippen LogP contribution is -2.30. The Bertz CT molecular complexity index is 1260. The van der Waals surface area contributed by atoms with Gasteiger partial charge in [-0.25, -0.2) is 0 Å². The third-order valence-electron chi connectivity index (χ3n) is 13.3. The van der Waals surface area contributed by atoms with Crippen molar-refractivity contribution < 1.29 is 28.6 Å². The van der Waals surface area contributed by atoms with Crippen LogP contribution in [0.15, 0.2) is 60.8 Å². The van der Waals surface area contributed by atoms with Crippen LogP contribution in [0.5, 0.6) is 0 Å². The Hall–Kier alpha value is -2.89. The van der Waals surface area contributed by atoms with Crippen LogP contribution < -0.4 is 0 Å². The first-order chi connectivity index (χ1) is 34.5. The molecule has 0 amide bonds. The van der Waals surface area contributed by atoms with Gasteiger partial charge in [-0.05, 0) is 64.2 Å². The fourth-order valence-corrected chi connectivity index (χ4v) is 8.77. The van der Waals surface area contributed by atoms with Gasteiger partial charge in [-0.2, -0.15) is 0 Å². The van der Waals surface area contributed by atoms with Crippen LogP contribution in [0.25, 0.3) is 0 Å². The standard InChI is InChI=1S/C64H114O6/c1-4-7-10-13-16-19-22-24-26-28-29-30-31-32-33-34-35-37-38-40-42-45-48-51-54-57-63(66)69-60-61(59-68-62(65)56-53-50-47-44-21-18-15-12-9-6-3)70-64(67)58-55-52-49-46-43-41-39-36-27-25-23-20-17-14-11-8-5-2/h7,10,16,19,24,26,29-30,32-33,61H,4-6,8-9,11-15,17-18,20-23,25,27-28,31,34-60H2,1-3H3/b10-7-,19-16-,26-24-,30-29-,33-32-. The summed E-state index contributed by atoms with van der Waals surface area (Å²) in [6.45, 7) is 6.55. The summed E-state index contributed by atoms with van der Waals surface area (Å²) in [6.07, 6.45) is 73.6. The Labute approximate surface area is 434 Å². The Morgan fingerprint density at radius 2 is 0.557 bits per heavy atom. The van der Waals surface area contributed by atoms with E-state index in [-0.39, 0.29) is 31.1 Å². The molecule has 0 radical (unpaired) electrons. The smallest absolute Gasteiger partial charge is 0.306 e. The van der Waals surface area contributed by atoms with Crippen molar-refractivity contribution in [3.05, 3.63) is 60.8 Å². The van der Waals surface area contributed by atoms with Crippen LogP contribution >= 0.6 is 0 Å². The van der Waals surface area contributed by atoms with Gasteiger partial charge in [-0.15, -0.1) is 0 Å². The van der Waals surface area contributed by atoms with Crippen LogP contribution in [0.2, 0.25) is 0 Å². The third-order valence-corrected chi connectivity index (χ3v) is 13.3. The van der Waals surface area contributed by atoms with E-state index < -0.39 is 6.10 Å². The molecule has 0 aliphatic heterocycles. The quantitative estimate of drug-likeness (QED) is 0.0261. The fraction of sp³-hybridized carbons (Fsp3) is 0.797. The average Bonchev–Trinajstić information content (AvgIpc) is 3.36. The van der Waals surface area contributed by atoms with Crippen LogP contribution in [-0.2, 0) is 28.6 Å².